The fourth-order valence-corrected chi connectivity index (χ4v) is 2.59. The Kier molecular flexibility index (Phi) is 5.28. The summed E-state index contributed by atoms with van der Waals surface area (Å²) < 4.78 is 2.29. The van der Waals surface area contributed by atoms with Gasteiger partial charge in [0.05, 0.1) is 17.6 Å². The van der Waals surface area contributed by atoms with Crippen LogP contribution in [0.5, 0.6) is 0 Å². The summed E-state index contributed by atoms with van der Waals surface area (Å²) in [6.07, 6.45) is 3.37. The first-order chi connectivity index (χ1) is 9.26. The van der Waals surface area contributed by atoms with E-state index in [1.165, 1.54) is 11.9 Å². The number of rotatable bonds is 7. The molecule has 3 nitrogen and oxygen atoms in total. The van der Waals surface area contributed by atoms with Crippen LogP contribution in [0.1, 0.15) is 26.1 Å². The lowest BCUT2D eigenvalue weighted by atomic mass is 10.3. The minimum atomic E-state index is 0.720. The first-order valence-corrected chi connectivity index (χ1v) is 8.22. The molecule has 1 unspecified atom stereocenters. The van der Waals surface area contributed by atoms with Crippen molar-refractivity contribution in [1.29, 1.82) is 0 Å². The largest absolute Gasteiger partial charge is 0.327 e. The number of para-hydroxylation sites is 2. The van der Waals surface area contributed by atoms with Crippen LogP contribution >= 0.6 is 11.8 Å². The molecule has 0 bridgehead atoms. The molecule has 1 N–H and O–H groups in total. The molecule has 0 aliphatic carbocycles. The normalized spacial score (nSPS) is 13.0. The van der Waals surface area contributed by atoms with E-state index in [0.29, 0.717) is 0 Å². The van der Waals surface area contributed by atoms with E-state index in [4.69, 9.17) is 4.98 Å². The molecule has 19 heavy (non-hydrogen) atoms. The Balaban J connectivity index is 2.00. The van der Waals surface area contributed by atoms with Crippen molar-refractivity contribution in [3.63, 3.8) is 0 Å². The Labute approximate surface area is 119 Å². The maximum atomic E-state index is 4.72. The van der Waals surface area contributed by atoms with E-state index < -0.39 is 0 Å². The van der Waals surface area contributed by atoms with Crippen LogP contribution in [-0.2, 0) is 13.1 Å². The molecular weight excluding hydrogens is 254 g/mol. The lowest BCUT2D eigenvalue weighted by Gasteiger charge is -2.10. The first kappa shape index (κ1) is 14.4. The standard InChI is InChI=1S/C15H23N3S/c1-4-18-14-8-6-5-7-13(14)17-15(18)11-16-10-9-12(2)19-3/h5-8,12,16H,4,9-11H2,1-3H3. The summed E-state index contributed by atoms with van der Waals surface area (Å²) in [6, 6.07) is 8.35. The Morgan fingerprint density at radius 3 is 2.89 bits per heavy atom. The van der Waals surface area contributed by atoms with Gasteiger partial charge in [-0.2, -0.15) is 11.8 Å². The molecule has 104 valence electrons. The van der Waals surface area contributed by atoms with Crippen LogP contribution in [0.2, 0.25) is 0 Å². The zero-order chi connectivity index (χ0) is 13.7. The fraction of sp³-hybridized carbons (Fsp3) is 0.533. The van der Waals surface area contributed by atoms with Gasteiger partial charge in [0.2, 0.25) is 0 Å². The third-order valence-corrected chi connectivity index (χ3v) is 4.50. The number of benzene rings is 1. The Morgan fingerprint density at radius 1 is 1.37 bits per heavy atom. The van der Waals surface area contributed by atoms with Gasteiger partial charge in [-0.15, -0.1) is 0 Å². The highest BCUT2D eigenvalue weighted by atomic mass is 32.2. The van der Waals surface area contributed by atoms with Crippen LogP contribution in [0.4, 0.5) is 0 Å². The summed E-state index contributed by atoms with van der Waals surface area (Å²) in [7, 11) is 0. The molecule has 0 saturated carbocycles. The number of nitrogens with zero attached hydrogens (tertiary/aromatic N) is 2. The smallest absolute Gasteiger partial charge is 0.123 e. The summed E-state index contributed by atoms with van der Waals surface area (Å²) in [5, 5.41) is 4.23. The number of aromatic nitrogens is 2. The molecule has 0 fully saturated rings. The van der Waals surface area contributed by atoms with Gasteiger partial charge < -0.3 is 9.88 Å². The van der Waals surface area contributed by atoms with Crippen molar-refractivity contribution in [2.24, 2.45) is 0 Å². The molecule has 0 spiro atoms. The van der Waals surface area contributed by atoms with Gasteiger partial charge in [0, 0.05) is 11.8 Å². The molecule has 1 atom stereocenters. The number of thioether (sulfide) groups is 1. The number of aryl methyl sites for hydroxylation is 1. The number of imidazole rings is 1. The molecule has 2 rings (SSSR count). The molecule has 1 heterocycles. The van der Waals surface area contributed by atoms with Crippen LogP contribution in [0.15, 0.2) is 24.3 Å². The highest BCUT2D eigenvalue weighted by molar-refractivity contribution is 7.99. The summed E-state index contributed by atoms with van der Waals surface area (Å²) in [4.78, 5) is 4.72. The van der Waals surface area contributed by atoms with Crippen molar-refractivity contribution >= 4 is 22.8 Å². The lowest BCUT2D eigenvalue weighted by Crippen LogP contribution is -2.20. The predicted octanol–water partition coefficient (Wildman–Crippen LogP) is 3.29. The highest BCUT2D eigenvalue weighted by Gasteiger charge is 2.08. The molecule has 0 aliphatic heterocycles. The molecule has 0 aliphatic rings. The molecule has 0 saturated heterocycles. The van der Waals surface area contributed by atoms with Crippen molar-refractivity contribution in [3.8, 4) is 0 Å². The van der Waals surface area contributed by atoms with E-state index in [-0.39, 0.29) is 0 Å². The second-order valence-corrected chi connectivity index (χ2v) is 6.05. The van der Waals surface area contributed by atoms with Gasteiger partial charge in [0.25, 0.3) is 0 Å². The van der Waals surface area contributed by atoms with Crippen LogP contribution in [0.3, 0.4) is 0 Å². The molecule has 2 aromatic rings. The van der Waals surface area contributed by atoms with Gasteiger partial charge in [-0.25, -0.2) is 4.98 Å². The summed E-state index contributed by atoms with van der Waals surface area (Å²) in [5.74, 6) is 1.14. The molecule has 4 heteroatoms. The van der Waals surface area contributed by atoms with Gasteiger partial charge in [-0.3, -0.25) is 0 Å². The first-order valence-electron chi connectivity index (χ1n) is 6.94. The van der Waals surface area contributed by atoms with E-state index >= 15 is 0 Å². The van der Waals surface area contributed by atoms with Crippen LogP contribution in [0, 0.1) is 0 Å². The quantitative estimate of drug-likeness (QED) is 0.788. The van der Waals surface area contributed by atoms with E-state index in [2.05, 4.69) is 48.2 Å². The van der Waals surface area contributed by atoms with Crippen molar-refractivity contribution in [2.75, 3.05) is 12.8 Å². The zero-order valence-electron chi connectivity index (χ0n) is 12.0. The molecule has 1 aromatic carbocycles. The number of hydrogen-bond donors (Lipinski definition) is 1. The topological polar surface area (TPSA) is 29.9 Å². The lowest BCUT2D eigenvalue weighted by molar-refractivity contribution is 0.601. The van der Waals surface area contributed by atoms with Crippen molar-refractivity contribution in [3.05, 3.63) is 30.1 Å². The summed E-state index contributed by atoms with van der Waals surface area (Å²) in [6.45, 7) is 7.32. The van der Waals surface area contributed by atoms with Crippen LogP contribution in [0.25, 0.3) is 11.0 Å². The molecule has 1 aromatic heterocycles. The average molecular weight is 277 g/mol. The van der Waals surface area contributed by atoms with Crippen molar-refractivity contribution in [1.82, 2.24) is 14.9 Å². The van der Waals surface area contributed by atoms with Crippen LogP contribution < -0.4 is 5.32 Å². The van der Waals surface area contributed by atoms with Gasteiger partial charge in [-0.1, -0.05) is 19.1 Å². The van der Waals surface area contributed by atoms with E-state index in [1.807, 2.05) is 17.8 Å². The van der Waals surface area contributed by atoms with Gasteiger partial charge >= 0.3 is 0 Å². The minimum absolute atomic E-state index is 0.720. The van der Waals surface area contributed by atoms with E-state index in [0.717, 1.165) is 36.2 Å². The third kappa shape index (κ3) is 3.51. The maximum absolute atomic E-state index is 4.72. The average Bonchev–Trinajstić information content (AvgIpc) is 2.80. The molecular formula is C15H23N3S. The summed E-state index contributed by atoms with van der Waals surface area (Å²) >= 11 is 1.92. The zero-order valence-corrected chi connectivity index (χ0v) is 12.8. The maximum Gasteiger partial charge on any atom is 0.123 e. The highest BCUT2D eigenvalue weighted by Crippen LogP contribution is 2.15. The van der Waals surface area contributed by atoms with Gasteiger partial charge in [-0.05, 0) is 38.3 Å². The number of nitrogens with one attached hydrogen (secondary N) is 1. The second-order valence-electron chi connectivity index (χ2n) is 4.77. The van der Waals surface area contributed by atoms with Crippen LogP contribution in [-0.4, -0.2) is 27.6 Å². The van der Waals surface area contributed by atoms with Crippen molar-refractivity contribution in [2.45, 2.75) is 38.6 Å². The second kappa shape index (κ2) is 6.96. The summed E-state index contributed by atoms with van der Waals surface area (Å²) in [5.41, 5.74) is 2.33. The molecule has 0 amide bonds. The van der Waals surface area contributed by atoms with Crippen molar-refractivity contribution < 1.29 is 0 Å². The van der Waals surface area contributed by atoms with E-state index in [9.17, 15) is 0 Å². The van der Waals surface area contributed by atoms with Gasteiger partial charge in [0.15, 0.2) is 0 Å². The Morgan fingerprint density at radius 2 is 2.16 bits per heavy atom. The Bertz CT molecular complexity index is 521. The number of hydrogen-bond acceptors (Lipinski definition) is 3. The number of fused-ring (bicyclic) bond motifs is 1. The minimum Gasteiger partial charge on any atom is -0.327 e. The molecule has 0 radical (unpaired) electrons. The SMILES string of the molecule is CCn1c(CNCCC(C)SC)nc2ccccc21. The van der Waals surface area contributed by atoms with E-state index in [1.54, 1.807) is 0 Å². The fourth-order valence-electron chi connectivity index (χ4n) is 2.24. The Hall–Kier alpha value is -1.00. The predicted molar refractivity (Wildman–Crippen MR) is 84.7 cm³/mol. The monoisotopic (exact) mass is 277 g/mol. The third-order valence-electron chi connectivity index (χ3n) is 3.46. The van der Waals surface area contributed by atoms with Gasteiger partial charge in [0.1, 0.15) is 5.82 Å².